The molecule has 26 heavy (non-hydrogen) atoms. The highest BCUT2D eigenvalue weighted by Crippen LogP contribution is 2.34. The van der Waals surface area contributed by atoms with E-state index in [9.17, 15) is 13.2 Å². The van der Waals surface area contributed by atoms with Crippen molar-refractivity contribution in [2.75, 3.05) is 12.4 Å². The molecular formula is C19H22N2O4S. The van der Waals surface area contributed by atoms with Crippen LogP contribution in [0.2, 0.25) is 0 Å². The van der Waals surface area contributed by atoms with E-state index in [1.165, 1.54) is 6.07 Å². The molecule has 3 rings (SSSR count). The topological polar surface area (TPSA) is 84.5 Å². The molecule has 0 saturated carbocycles. The van der Waals surface area contributed by atoms with Crippen molar-refractivity contribution in [1.29, 1.82) is 0 Å². The van der Waals surface area contributed by atoms with Crippen LogP contribution in [0.3, 0.4) is 0 Å². The fourth-order valence-corrected chi connectivity index (χ4v) is 4.38. The molecule has 2 atom stereocenters. The van der Waals surface area contributed by atoms with Crippen LogP contribution in [0.25, 0.3) is 0 Å². The van der Waals surface area contributed by atoms with Crippen LogP contribution in [0.15, 0.2) is 47.4 Å². The molecule has 6 nitrogen and oxygen atoms in total. The van der Waals surface area contributed by atoms with Gasteiger partial charge in [0.2, 0.25) is 15.9 Å². The Morgan fingerprint density at radius 2 is 1.88 bits per heavy atom. The van der Waals surface area contributed by atoms with E-state index in [1.807, 2.05) is 19.1 Å². The second kappa shape index (κ2) is 7.09. The molecule has 2 aromatic carbocycles. The number of carbonyl (C=O) groups excluding carboxylic acids is 1. The van der Waals surface area contributed by atoms with Gasteiger partial charge in [-0.25, -0.2) is 13.1 Å². The van der Waals surface area contributed by atoms with Crippen LogP contribution >= 0.6 is 0 Å². The molecule has 1 heterocycles. The van der Waals surface area contributed by atoms with Crippen molar-refractivity contribution in [1.82, 2.24) is 4.72 Å². The summed E-state index contributed by atoms with van der Waals surface area (Å²) in [5.74, 6) is 0.243. The first-order valence-electron chi connectivity index (χ1n) is 8.46. The molecule has 0 bridgehead atoms. The number of amides is 1. The van der Waals surface area contributed by atoms with E-state index in [0.717, 1.165) is 11.3 Å². The van der Waals surface area contributed by atoms with Gasteiger partial charge >= 0.3 is 0 Å². The Hall–Kier alpha value is -2.38. The highest BCUT2D eigenvalue weighted by atomic mass is 32.2. The third kappa shape index (κ3) is 3.45. The number of hydrogen-bond donors (Lipinski definition) is 2. The molecule has 0 fully saturated rings. The number of nitrogens with one attached hydrogen (secondary N) is 2. The first-order chi connectivity index (χ1) is 12.4. The summed E-state index contributed by atoms with van der Waals surface area (Å²) in [6, 6.07) is 11.7. The van der Waals surface area contributed by atoms with Gasteiger partial charge in [0.25, 0.3) is 0 Å². The average Bonchev–Trinajstić information content (AvgIpc) is 2.93. The van der Waals surface area contributed by atoms with E-state index in [0.29, 0.717) is 17.7 Å². The van der Waals surface area contributed by atoms with E-state index in [4.69, 9.17) is 4.74 Å². The lowest BCUT2D eigenvalue weighted by Gasteiger charge is -2.18. The number of fused-ring (bicyclic) bond motifs is 1. The van der Waals surface area contributed by atoms with Crippen LogP contribution in [0.5, 0.6) is 5.75 Å². The summed E-state index contributed by atoms with van der Waals surface area (Å²) in [7, 11) is -2.13. The lowest BCUT2D eigenvalue weighted by atomic mass is 10.0. The smallest absolute Gasteiger partial charge is 0.241 e. The predicted molar refractivity (Wildman–Crippen MR) is 99.8 cm³/mol. The zero-order valence-corrected chi connectivity index (χ0v) is 15.8. The largest absolute Gasteiger partial charge is 0.497 e. The highest BCUT2D eigenvalue weighted by molar-refractivity contribution is 7.89. The quantitative estimate of drug-likeness (QED) is 0.813. The van der Waals surface area contributed by atoms with Gasteiger partial charge in [0, 0.05) is 11.7 Å². The third-order valence-corrected chi connectivity index (χ3v) is 6.14. The molecule has 0 saturated heterocycles. The van der Waals surface area contributed by atoms with Crippen LogP contribution in [0.4, 0.5) is 5.69 Å². The maximum Gasteiger partial charge on any atom is 0.241 e. The molecule has 2 aromatic rings. The summed E-state index contributed by atoms with van der Waals surface area (Å²) < 4.78 is 33.6. The average molecular weight is 374 g/mol. The van der Waals surface area contributed by atoms with Crippen molar-refractivity contribution < 1.29 is 17.9 Å². The first kappa shape index (κ1) is 18.4. The Labute approximate surface area is 153 Å². The fourth-order valence-electron chi connectivity index (χ4n) is 3.04. The minimum atomic E-state index is -3.72. The van der Waals surface area contributed by atoms with Gasteiger partial charge in [-0.2, -0.15) is 0 Å². The summed E-state index contributed by atoms with van der Waals surface area (Å²) in [4.78, 5) is 11.9. The second-order valence-electron chi connectivity index (χ2n) is 6.32. The minimum Gasteiger partial charge on any atom is -0.497 e. The van der Waals surface area contributed by atoms with Crippen molar-refractivity contribution >= 4 is 21.6 Å². The molecule has 7 heteroatoms. The molecule has 138 valence electrons. The molecule has 1 amide bonds. The SMILES string of the molecule is CC[C@@H](NS(=O)(=O)c1ccc2c(c1)[C@H](C)C(=O)N2)c1ccc(OC)cc1. The Bertz CT molecular complexity index is 923. The molecule has 1 aliphatic heterocycles. The molecule has 0 spiro atoms. The van der Waals surface area contributed by atoms with E-state index < -0.39 is 10.0 Å². The summed E-state index contributed by atoms with van der Waals surface area (Å²) in [6.07, 6.45) is 0.604. The highest BCUT2D eigenvalue weighted by Gasteiger charge is 2.29. The van der Waals surface area contributed by atoms with Crippen LogP contribution < -0.4 is 14.8 Å². The molecule has 1 aliphatic rings. The normalized spacial score (nSPS) is 17.5. The molecule has 0 aromatic heterocycles. The number of sulfonamides is 1. The second-order valence-corrected chi connectivity index (χ2v) is 8.03. The van der Waals surface area contributed by atoms with Crippen LogP contribution in [0, 0.1) is 0 Å². The maximum absolute atomic E-state index is 12.8. The Kier molecular flexibility index (Phi) is 5.02. The van der Waals surface area contributed by atoms with Crippen molar-refractivity contribution in [3.05, 3.63) is 53.6 Å². The summed E-state index contributed by atoms with van der Waals surface area (Å²) in [5.41, 5.74) is 2.24. The Morgan fingerprint density at radius 3 is 2.50 bits per heavy atom. The van der Waals surface area contributed by atoms with Gasteiger partial charge in [0.05, 0.1) is 17.9 Å². The van der Waals surface area contributed by atoms with Crippen molar-refractivity contribution in [2.24, 2.45) is 0 Å². The fraction of sp³-hybridized carbons (Fsp3) is 0.316. The summed E-state index contributed by atoms with van der Waals surface area (Å²) in [5, 5.41) is 2.75. The van der Waals surface area contributed by atoms with Crippen LogP contribution in [-0.4, -0.2) is 21.4 Å². The zero-order chi connectivity index (χ0) is 18.9. The standard InChI is InChI=1S/C19H22N2O4S/c1-4-17(13-5-7-14(25-3)8-6-13)21-26(23,24)15-9-10-18-16(11-15)12(2)19(22)20-18/h5-12,17,21H,4H2,1-3H3,(H,20,22)/t12-,17+/m0/s1. The van der Waals surface area contributed by atoms with Crippen LogP contribution in [0.1, 0.15) is 43.4 Å². The molecule has 0 unspecified atom stereocenters. The van der Waals surface area contributed by atoms with Gasteiger partial charge in [0.1, 0.15) is 5.75 Å². The lowest BCUT2D eigenvalue weighted by Crippen LogP contribution is -2.28. The van der Waals surface area contributed by atoms with Gasteiger partial charge in [-0.1, -0.05) is 19.1 Å². The first-order valence-corrected chi connectivity index (χ1v) is 9.95. The van der Waals surface area contributed by atoms with E-state index in [2.05, 4.69) is 10.0 Å². The number of hydrogen-bond acceptors (Lipinski definition) is 4. The number of carbonyl (C=O) groups is 1. The van der Waals surface area contributed by atoms with Crippen molar-refractivity contribution in [3.8, 4) is 5.75 Å². The third-order valence-electron chi connectivity index (χ3n) is 4.67. The van der Waals surface area contributed by atoms with Crippen molar-refractivity contribution in [2.45, 2.75) is 37.1 Å². The van der Waals surface area contributed by atoms with Gasteiger partial charge in [0.15, 0.2) is 0 Å². The Morgan fingerprint density at radius 1 is 1.19 bits per heavy atom. The van der Waals surface area contributed by atoms with E-state index >= 15 is 0 Å². The number of rotatable bonds is 6. The molecule has 0 radical (unpaired) electrons. The zero-order valence-electron chi connectivity index (χ0n) is 14.9. The summed E-state index contributed by atoms with van der Waals surface area (Å²) in [6.45, 7) is 3.68. The van der Waals surface area contributed by atoms with Gasteiger partial charge in [-0.3, -0.25) is 4.79 Å². The van der Waals surface area contributed by atoms with E-state index in [-0.39, 0.29) is 22.8 Å². The predicted octanol–water partition coefficient (Wildman–Crippen LogP) is 3.18. The number of ether oxygens (including phenoxy) is 1. The summed E-state index contributed by atoms with van der Waals surface area (Å²) >= 11 is 0. The molecular weight excluding hydrogens is 352 g/mol. The monoisotopic (exact) mass is 374 g/mol. The maximum atomic E-state index is 12.8. The molecule has 2 N–H and O–H groups in total. The number of methoxy groups -OCH3 is 1. The van der Waals surface area contributed by atoms with Gasteiger partial charge in [-0.15, -0.1) is 0 Å². The minimum absolute atomic E-state index is 0.118. The van der Waals surface area contributed by atoms with Crippen molar-refractivity contribution in [3.63, 3.8) is 0 Å². The number of benzene rings is 2. The van der Waals surface area contributed by atoms with E-state index in [1.54, 1.807) is 38.3 Å². The molecule has 0 aliphatic carbocycles. The van der Waals surface area contributed by atoms with Gasteiger partial charge in [-0.05, 0) is 54.8 Å². The van der Waals surface area contributed by atoms with Crippen LogP contribution in [-0.2, 0) is 14.8 Å². The Balaban J connectivity index is 1.87. The van der Waals surface area contributed by atoms with Gasteiger partial charge < -0.3 is 10.1 Å². The lowest BCUT2D eigenvalue weighted by molar-refractivity contribution is -0.116. The number of anilines is 1.